The van der Waals surface area contributed by atoms with Gasteiger partial charge in [0.05, 0.1) is 6.61 Å². The van der Waals surface area contributed by atoms with E-state index in [9.17, 15) is 17.6 Å². The Morgan fingerprint density at radius 3 is 2.29 bits per heavy atom. The fourth-order valence-corrected chi connectivity index (χ4v) is 1.40. The van der Waals surface area contributed by atoms with Crippen LogP contribution in [0.4, 0.5) is 17.6 Å². The molecule has 1 nitrogen and oxygen atoms in total. The summed E-state index contributed by atoms with van der Waals surface area (Å²) in [5, 5.41) is 0. The summed E-state index contributed by atoms with van der Waals surface area (Å²) < 4.78 is 52.7. The lowest BCUT2D eigenvalue weighted by atomic mass is 10.2. The van der Waals surface area contributed by atoms with Gasteiger partial charge in [0.2, 0.25) is 0 Å². The van der Waals surface area contributed by atoms with E-state index in [-0.39, 0.29) is 12.0 Å². The van der Waals surface area contributed by atoms with Crippen LogP contribution < -0.4 is 0 Å². The van der Waals surface area contributed by atoms with Gasteiger partial charge in [0, 0.05) is 5.41 Å². The minimum absolute atomic E-state index is 0.0960. The van der Waals surface area contributed by atoms with Crippen LogP contribution in [-0.2, 0) is 4.74 Å². The molecule has 0 aromatic rings. The second kappa shape index (κ2) is 4.26. The molecule has 0 spiro atoms. The average molecular weight is 232 g/mol. The molecule has 1 saturated carbocycles. The quantitative estimate of drug-likeness (QED) is 0.547. The van der Waals surface area contributed by atoms with Crippen LogP contribution in [0.2, 0.25) is 0 Å². The first-order valence-electron chi connectivity index (χ1n) is 4.26. The molecule has 0 aliphatic heterocycles. The largest absolute Gasteiger partial charge is 0.374 e. The lowest BCUT2D eigenvalue weighted by Crippen LogP contribution is -2.33. The predicted octanol–water partition coefficient (Wildman–Crippen LogP) is 2.61. The van der Waals surface area contributed by atoms with Crippen molar-refractivity contribution in [3.8, 4) is 0 Å². The van der Waals surface area contributed by atoms with Gasteiger partial charge < -0.3 is 4.74 Å². The second-order valence-corrected chi connectivity index (χ2v) is 4.03. The molecular formula is C8H12F4OS. The Morgan fingerprint density at radius 1 is 1.36 bits per heavy atom. The molecule has 1 aliphatic carbocycles. The van der Waals surface area contributed by atoms with Crippen LogP contribution in [0, 0.1) is 5.41 Å². The van der Waals surface area contributed by atoms with E-state index in [1.165, 1.54) is 0 Å². The van der Waals surface area contributed by atoms with Crippen LogP contribution in [0.1, 0.15) is 12.8 Å². The average Bonchev–Trinajstić information content (AvgIpc) is 2.85. The molecule has 0 aromatic heterocycles. The highest BCUT2D eigenvalue weighted by Crippen LogP contribution is 2.46. The highest BCUT2D eigenvalue weighted by atomic mass is 32.1. The van der Waals surface area contributed by atoms with Gasteiger partial charge in [-0.2, -0.15) is 21.4 Å². The summed E-state index contributed by atoms with van der Waals surface area (Å²) in [6.07, 6.45) is -1.92. The number of ether oxygens (including phenoxy) is 1. The minimum atomic E-state index is -4.04. The van der Waals surface area contributed by atoms with Crippen LogP contribution in [0.5, 0.6) is 0 Å². The Kier molecular flexibility index (Phi) is 3.69. The third kappa shape index (κ3) is 3.02. The van der Waals surface area contributed by atoms with E-state index < -0.39 is 19.0 Å². The van der Waals surface area contributed by atoms with Crippen LogP contribution in [0.25, 0.3) is 0 Å². The van der Waals surface area contributed by atoms with Crippen molar-refractivity contribution < 1.29 is 22.3 Å². The van der Waals surface area contributed by atoms with Gasteiger partial charge in [-0.25, -0.2) is 8.78 Å². The molecule has 1 rings (SSSR count). The van der Waals surface area contributed by atoms with E-state index in [0.717, 1.165) is 12.8 Å². The molecule has 84 valence electrons. The number of hydrogen-bond donors (Lipinski definition) is 1. The fraction of sp³-hybridized carbons (Fsp3) is 1.00. The Labute approximate surface area is 85.2 Å². The van der Waals surface area contributed by atoms with Crippen LogP contribution in [0.15, 0.2) is 0 Å². The first-order chi connectivity index (χ1) is 6.42. The van der Waals surface area contributed by atoms with Crippen molar-refractivity contribution in [2.45, 2.75) is 25.2 Å². The van der Waals surface area contributed by atoms with E-state index >= 15 is 0 Å². The fourth-order valence-electron chi connectivity index (χ4n) is 0.991. The maximum atomic E-state index is 12.4. The molecule has 0 saturated heterocycles. The Balaban J connectivity index is 2.21. The Bertz CT molecular complexity index is 194. The van der Waals surface area contributed by atoms with Gasteiger partial charge in [0.25, 0.3) is 0 Å². The first kappa shape index (κ1) is 12.1. The lowest BCUT2D eigenvalue weighted by molar-refractivity contribution is -0.168. The van der Waals surface area contributed by atoms with Crippen molar-refractivity contribution in [2.75, 3.05) is 19.0 Å². The molecule has 1 fully saturated rings. The summed E-state index contributed by atoms with van der Waals surface area (Å²) in [7, 11) is 0. The number of hydrogen-bond acceptors (Lipinski definition) is 2. The van der Waals surface area contributed by atoms with Crippen molar-refractivity contribution in [3.63, 3.8) is 0 Å². The van der Waals surface area contributed by atoms with Gasteiger partial charge in [0.1, 0.15) is 6.61 Å². The molecule has 0 amide bonds. The molecule has 0 aromatic carbocycles. The summed E-state index contributed by atoms with van der Waals surface area (Å²) >= 11 is 4.03. The van der Waals surface area contributed by atoms with Crippen LogP contribution in [0.3, 0.4) is 0 Å². The summed E-state index contributed by atoms with van der Waals surface area (Å²) in [6, 6.07) is 0. The molecule has 14 heavy (non-hydrogen) atoms. The Morgan fingerprint density at radius 2 is 1.93 bits per heavy atom. The van der Waals surface area contributed by atoms with Crippen LogP contribution in [-0.4, -0.2) is 31.3 Å². The summed E-state index contributed by atoms with van der Waals surface area (Å²) in [5.41, 5.74) is -0.138. The summed E-state index contributed by atoms with van der Waals surface area (Å²) in [5.74, 6) is -3.49. The Hall–Kier alpha value is 0.0300. The third-order valence-electron chi connectivity index (χ3n) is 2.31. The number of alkyl halides is 4. The maximum absolute atomic E-state index is 12.4. The van der Waals surface area contributed by atoms with Gasteiger partial charge in [-0.3, -0.25) is 0 Å². The monoisotopic (exact) mass is 232 g/mol. The zero-order valence-corrected chi connectivity index (χ0v) is 8.37. The van der Waals surface area contributed by atoms with Crippen molar-refractivity contribution in [1.29, 1.82) is 0 Å². The molecule has 0 unspecified atom stereocenters. The predicted molar refractivity (Wildman–Crippen MR) is 47.3 cm³/mol. The lowest BCUT2D eigenvalue weighted by Gasteiger charge is -2.17. The molecular weight excluding hydrogens is 220 g/mol. The topological polar surface area (TPSA) is 9.23 Å². The highest BCUT2D eigenvalue weighted by Gasteiger charge is 2.45. The molecule has 0 atom stereocenters. The van der Waals surface area contributed by atoms with Gasteiger partial charge in [-0.05, 0) is 18.6 Å². The van der Waals surface area contributed by atoms with E-state index in [4.69, 9.17) is 0 Å². The molecule has 0 heterocycles. The number of thiol groups is 1. The van der Waals surface area contributed by atoms with E-state index in [2.05, 4.69) is 17.4 Å². The zero-order valence-electron chi connectivity index (χ0n) is 7.48. The van der Waals surface area contributed by atoms with E-state index in [1.54, 1.807) is 0 Å². The minimum Gasteiger partial charge on any atom is -0.374 e. The normalized spacial score (nSPS) is 20.1. The molecule has 0 radical (unpaired) electrons. The van der Waals surface area contributed by atoms with Gasteiger partial charge >= 0.3 is 12.3 Å². The van der Waals surface area contributed by atoms with Crippen molar-refractivity contribution in [2.24, 2.45) is 5.41 Å². The SMILES string of the molecule is FC(F)C(F)(F)COCC1(CS)CC1. The second-order valence-electron chi connectivity index (χ2n) is 3.71. The van der Waals surface area contributed by atoms with Gasteiger partial charge in [-0.1, -0.05) is 0 Å². The summed E-state index contributed by atoms with van der Waals surface area (Å²) in [4.78, 5) is 0. The van der Waals surface area contributed by atoms with Gasteiger partial charge in [-0.15, -0.1) is 0 Å². The molecule has 0 N–H and O–H groups in total. The van der Waals surface area contributed by atoms with E-state index in [1.807, 2.05) is 0 Å². The van der Waals surface area contributed by atoms with Crippen molar-refractivity contribution in [3.05, 3.63) is 0 Å². The summed E-state index contributed by atoms with van der Waals surface area (Å²) in [6.45, 7) is -1.11. The molecule has 1 aliphatic rings. The number of halogens is 4. The van der Waals surface area contributed by atoms with Crippen molar-refractivity contribution >= 4 is 12.6 Å². The van der Waals surface area contributed by atoms with Crippen molar-refractivity contribution in [1.82, 2.24) is 0 Å². The molecule has 6 heteroatoms. The zero-order chi connectivity index (χ0) is 10.8. The van der Waals surface area contributed by atoms with E-state index in [0.29, 0.717) is 5.75 Å². The smallest absolute Gasteiger partial charge is 0.330 e. The first-order valence-corrected chi connectivity index (χ1v) is 4.90. The highest BCUT2D eigenvalue weighted by molar-refractivity contribution is 7.80. The van der Waals surface area contributed by atoms with Gasteiger partial charge in [0.15, 0.2) is 0 Å². The standard InChI is InChI=1S/C8H12F4OS/c9-6(10)8(11,12)4-13-3-7(5-14)1-2-7/h6,14H,1-5H2. The third-order valence-corrected chi connectivity index (χ3v) is 2.99. The molecule has 0 bridgehead atoms. The number of rotatable bonds is 6. The maximum Gasteiger partial charge on any atom is 0.330 e. The van der Waals surface area contributed by atoms with Crippen LogP contribution >= 0.6 is 12.6 Å².